The van der Waals surface area contributed by atoms with Gasteiger partial charge in [-0.25, -0.2) is 4.98 Å². The highest BCUT2D eigenvalue weighted by Gasteiger charge is 2.12. The van der Waals surface area contributed by atoms with E-state index in [-0.39, 0.29) is 5.43 Å². The van der Waals surface area contributed by atoms with Crippen molar-refractivity contribution in [2.45, 2.75) is 0 Å². The molecular formula is C20H20N4O2S. The first-order valence-corrected chi connectivity index (χ1v) is 9.99. The molecule has 1 saturated heterocycles. The first-order chi connectivity index (χ1) is 13.3. The van der Waals surface area contributed by atoms with Crippen molar-refractivity contribution >= 4 is 43.1 Å². The van der Waals surface area contributed by atoms with Crippen molar-refractivity contribution in [3.05, 3.63) is 52.8 Å². The molecule has 3 aromatic heterocycles. The average molecular weight is 380 g/mol. The lowest BCUT2D eigenvalue weighted by molar-refractivity contribution is 0.0398. The van der Waals surface area contributed by atoms with E-state index in [0.717, 1.165) is 65.6 Å². The number of benzene rings is 1. The highest BCUT2D eigenvalue weighted by Crippen LogP contribution is 2.26. The van der Waals surface area contributed by atoms with Crippen LogP contribution in [-0.2, 0) is 4.74 Å². The Morgan fingerprint density at radius 3 is 2.85 bits per heavy atom. The molecule has 27 heavy (non-hydrogen) atoms. The van der Waals surface area contributed by atoms with E-state index < -0.39 is 0 Å². The minimum atomic E-state index is 0.0576. The summed E-state index contributed by atoms with van der Waals surface area (Å²) in [5.41, 5.74) is 1.54. The Labute approximate surface area is 160 Å². The highest BCUT2D eigenvalue weighted by molar-refractivity contribution is 7.24. The zero-order valence-electron chi connectivity index (χ0n) is 14.9. The SMILES string of the molecule is O=c1c2ccccc2sc2ccc3nc(NCCN4CCOCC4)cn3c12. The number of fused-ring (bicyclic) bond motifs is 4. The first-order valence-electron chi connectivity index (χ1n) is 9.17. The lowest BCUT2D eigenvalue weighted by atomic mass is 10.2. The number of pyridine rings is 1. The molecule has 1 aliphatic rings. The number of hydrogen-bond donors (Lipinski definition) is 1. The van der Waals surface area contributed by atoms with Crippen molar-refractivity contribution in [2.24, 2.45) is 0 Å². The third kappa shape index (κ3) is 3.07. The third-order valence-electron chi connectivity index (χ3n) is 5.00. The van der Waals surface area contributed by atoms with E-state index >= 15 is 0 Å². The fourth-order valence-corrected chi connectivity index (χ4v) is 4.66. The Bertz CT molecular complexity index is 1180. The van der Waals surface area contributed by atoms with E-state index in [1.807, 2.05) is 47.0 Å². The average Bonchev–Trinajstić information content (AvgIpc) is 3.12. The van der Waals surface area contributed by atoms with Crippen LogP contribution in [0.4, 0.5) is 5.82 Å². The summed E-state index contributed by atoms with van der Waals surface area (Å²) in [7, 11) is 0. The third-order valence-corrected chi connectivity index (χ3v) is 6.12. The van der Waals surface area contributed by atoms with Crippen LogP contribution in [0.3, 0.4) is 0 Å². The number of nitrogens with zero attached hydrogens (tertiary/aromatic N) is 3. The van der Waals surface area contributed by atoms with Crippen LogP contribution < -0.4 is 10.7 Å². The van der Waals surface area contributed by atoms with Gasteiger partial charge in [0.05, 0.1) is 24.1 Å². The number of morpholine rings is 1. The first kappa shape index (κ1) is 16.7. The second kappa shape index (κ2) is 6.92. The maximum Gasteiger partial charge on any atom is 0.212 e. The molecule has 0 aliphatic carbocycles. The molecule has 1 N–H and O–H groups in total. The molecule has 1 fully saturated rings. The second-order valence-corrected chi connectivity index (χ2v) is 7.79. The summed E-state index contributed by atoms with van der Waals surface area (Å²) in [6.45, 7) is 5.34. The van der Waals surface area contributed by atoms with Crippen LogP contribution in [0.25, 0.3) is 25.9 Å². The number of anilines is 1. The van der Waals surface area contributed by atoms with Gasteiger partial charge < -0.3 is 10.1 Å². The summed E-state index contributed by atoms with van der Waals surface area (Å²) in [5, 5.41) is 4.15. The quantitative estimate of drug-likeness (QED) is 0.552. The van der Waals surface area contributed by atoms with Crippen LogP contribution in [-0.4, -0.2) is 53.7 Å². The largest absolute Gasteiger partial charge is 0.379 e. The van der Waals surface area contributed by atoms with Crippen LogP contribution in [0.5, 0.6) is 0 Å². The van der Waals surface area contributed by atoms with Crippen LogP contribution in [0, 0.1) is 0 Å². The highest BCUT2D eigenvalue weighted by atomic mass is 32.1. The fraction of sp³-hybridized carbons (Fsp3) is 0.300. The van der Waals surface area contributed by atoms with E-state index in [2.05, 4.69) is 15.2 Å². The number of ether oxygens (including phenoxy) is 1. The number of aromatic nitrogens is 2. The molecule has 4 aromatic rings. The molecule has 0 saturated carbocycles. The molecule has 6 nitrogen and oxygen atoms in total. The Kier molecular flexibility index (Phi) is 4.27. The fourth-order valence-electron chi connectivity index (χ4n) is 3.58. The summed E-state index contributed by atoms with van der Waals surface area (Å²) in [4.78, 5) is 20.1. The minimum Gasteiger partial charge on any atom is -0.379 e. The Morgan fingerprint density at radius 1 is 1.11 bits per heavy atom. The summed E-state index contributed by atoms with van der Waals surface area (Å²) in [5.74, 6) is 0.799. The molecule has 1 aliphatic heterocycles. The van der Waals surface area contributed by atoms with Crippen molar-refractivity contribution < 1.29 is 4.74 Å². The van der Waals surface area contributed by atoms with Gasteiger partial charge in [0, 0.05) is 36.3 Å². The van der Waals surface area contributed by atoms with Gasteiger partial charge >= 0.3 is 0 Å². The normalized spacial score (nSPS) is 15.7. The van der Waals surface area contributed by atoms with E-state index in [0.29, 0.717) is 5.52 Å². The zero-order chi connectivity index (χ0) is 18.2. The van der Waals surface area contributed by atoms with Gasteiger partial charge in [-0.2, -0.15) is 0 Å². The lowest BCUT2D eigenvalue weighted by Gasteiger charge is -2.26. The van der Waals surface area contributed by atoms with E-state index in [4.69, 9.17) is 4.74 Å². The van der Waals surface area contributed by atoms with E-state index in [1.54, 1.807) is 11.3 Å². The van der Waals surface area contributed by atoms with E-state index in [9.17, 15) is 4.79 Å². The molecule has 0 amide bonds. The maximum atomic E-state index is 13.1. The molecule has 0 unspecified atom stereocenters. The summed E-state index contributed by atoms with van der Waals surface area (Å²) < 4.78 is 9.28. The standard InChI is InChI=1S/C20H20N4O2S/c25-20-14-3-1-2-4-15(14)27-16-5-6-18-22-17(13-24(18)19(16)20)21-7-8-23-9-11-26-12-10-23/h1-6,13,21H,7-12H2. The molecule has 0 atom stereocenters. The van der Waals surface area contributed by atoms with Crippen molar-refractivity contribution in [1.82, 2.24) is 14.3 Å². The predicted molar refractivity (Wildman–Crippen MR) is 110 cm³/mol. The topological polar surface area (TPSA) is 58.9 Å². The molecule has 0 radical (unpaired) electrons. The van der Waals surface area contributed by atoms with Crippen LogP contribution in [0.2, 0.25) is 0 Å². The van der Waals surface area contributed by atoms with Crippen molar-refractivity contribution in [3.8, 4) is 0 Å². The van der Waals surface area contributed by atoms with Gasteiger partial charge in [-0.15, -0.1) is 11.3 Å². The molecule has 5 rings (SSSR count). The molecule has 138 valence electrons. The van der Waals surface area contributed by atoms with Crippen molar-refractivity contribution in [2.75, 3.05) is 44.7 Å². The summed E-state index contributed by atoms with van der Waals surface area (Å²) in [6.07, 6.45) is 1.93. The lowest BCUT2D eigenvalue weighted by Crippen LogP contribution is -2.39. The minimum absolute atomic E-state index is 0.0576. The second-order valence-electron chi connectivity index (χ2n) is 6.71. The molecule has 0 spiro atoms. The maximum absolute atomic E-state index is 13.1. The number of imidazole rings is 1. The van der Waals surface area contributed by atoms with Gasteiger partial charge in [0.15, 0.2) is 0 Å². The van der Waals surface area contributed by atoms with Gasteiger partial charge in [-0.1, -0.05) is 12.1 Å². The molecule has 7 heteroatoms. The van der Waals surface area contributed by atoms with Gasteiger partial charge in [0.2, 0.25) is 5.43 Å². The smallest absolute Gasteiger partial charge is 0.212 e. The molecule has 4 heterocycles. The summed E-state index contributed by atoms with van der Waals surface area (Å²) in [6, 6.07) is 11.7. The van der Waals surface area contributed by atoms with Gasteiger partial charge in [-0.05, 0) is 24.3 Å². The van der Waals surface area contributed by atoms with Crippen LogP contribution in [0.1, 0.15) is 0 Å². The molecule has 1 aromatic carbocycles. The van der Waals surface area contributed by atoms with Crippen molar-refractivity contribution in [3.63, 3.8) is 0 Å². The number of hydrogen-bond acceptors (Lipinski definition) is 6. The molecule has 0 bridgehead atoms. The Hall–Kier alpha value is -2.48. The Balaban J connectivity index is 1.48. The molecular weight excluding hydrogens is 360 g/mol. The monoisotopic (exact) mass is 380 g/mol. The van der Waals surface area contributed by atoms with Crippen LogP contribution >= 0.6 is 11.3 Å². The van der Waals surface area contributed by atoms with Crippen molar-refractivity contribution in [1.29, 1.82) is 0 Å². The zero-order valence-corrected chi connectivity index (χ0v) is 15.7. The number of rotatable bonds is 4. The number of nitrogens with one attached hydrogen (secondary N) is 1. The Morgan fingerprint density at radius 2 is 1.96 bits per heavy atom. The van der Waals surface area contributed by atoms with Gasteiger partial charge in [-0.3, -0.25) is 14.1 Å². The van der Waals surface area contributed by atoms with E-state index in [1.165, 1.54) is 0 Å². The predicted octanol–water partition coefficient (Wildman–Crippen LogP) is 2.81. The summed E-state index contributed by atoms with van der Waals surface area (Å²) >= 11 is 1.64. The van der Waals surface area contributed by atoms with Gasteiger partial charge in [0.25, 0.3) is 0 Å². The van der Waals surface area contributed by atoms with Crippen LogP contribution in [0.15, 0.2) is 47.4 Å². The van der Waals surface area contributed by atoms with Gasteiger partial charge in [0.1, 0.15) is 17.0 Å².